The highest BCUT2D eigenvalue weighted by molar-refractivity contribution is 5.07. The maximum Gasteiger partial charge on any atom is 0.159 e. The van der Waals surface area contributed by atoms with Crippen LogP contribution in [0.15, 0.2) is 12.4 Å². The van der Waals surface area contributed by atoms with Gasteiger partial charge in [-0.1, -0.05) is 0 Å². The van der Waals surface area contributed by atoms with Gasteiger partial charge in [-0.15, -0.1) is 0 Å². The Morgan fingerprint density at radius 3 is 2.87 bits per heavy atom. The first-order valence-corrected chi connectivity index (χ1v) is 5.30. The van der Waals surface area contributed by atoms with Gasteiger partial charge >= 0.3 is 0 Å². The molecule has 2 bridgehead atoms. The Hall–Kier alpha value is -1.07. The number of nitrogens with one attached hydrogen (secondary N) is 2. The maximum atomic E-state index is 12.7. The molecule has 0 amide bonds. The van der Waals surface area contributed by atoms with Crippen LogP contribution in [-0.2, 0) is 0 Å². The van der Waals surface area contributed by atoms with Crippen LogP contribution < -0.4 is 10.6 Å². The summed E-state index contributed by atoms with van der Waals surface area (Å²) in [5.74, 6) is 0.307. The standard InChI is InChI=1S/C10H13FN4/c11-6-3-13-10(14-4-6)9-8-2-1-7(15-8)5-12-9/h3-4,7-9,12,15H,1-2,5H2. The van der Waals surface area contributed by atoms with E-state index in [0.717, 1.165) is 13.0 Å². The Bertz CT molecular complexity index is 353. The second kappa shape index (κ2) is 3.50. The second-order valence-electron chi connectivity index (χ2n) is 4.19. The molecule has 3 atom stereocenters. The average molecular weight is 208 g/mol. The van der Waals surface area contributed by atoms with Gasteiger partial charge in [-0.25, -0.2) is 14.4 Å². The Balaban J connectivity index is 1.84. The molecule has 5 heteroatoms. The Kier molecular flexibility index (Phi) is 2.14. The van der Waals surface area contributed by atoms with E-state index in [1.807, 2.05) is 0 Å². The van der Waals surface area contributed by atoms with Crippen LogP contribution in [0.1, 0.15) is 24.7 Å². The van der Waals surface area contributed by atoms with Crippen molar-refractivity contribution < 1.29 is 4.39 Å². The van der Waals surface area contributed by atoms with Crippen LogP contribution in [0.5, 0.6) is 0 Å². The SMILES string of the molecule is Fc1cnc(C2NCC3CCC2N3)nc1. The molecule has 4 nitrogen and oxygen atoms in total. The van der Waals surface area contributed by atoms with Crippen molar-refractivity contribution in [2.24, 2.45) is 0 Å². The summed E-state index contributed by atoms with van der Waals surface area (Å²) < 4.78 is 12.7. The van der Waals surface area contributed by atoms with E-state index in [1.54, 1.807) is 0 Å². The van der Waals surface area contributed by atoms with Gasteiger partial charge in [-0.3, -0.25) is 0 Å². The highest BCUT2D eigenvalue weighted by Gasteiger charge is 2.36. The van der Waals surface area contributed by atoms with Crippen LogP contribution in [-0.4, -0.2) is 28.6 Å². The van der Waals surface area contributed by atoms with Crippen molar-refractivity contribution in [1.82, 2.24) is 20.6 Å². The molecule has 0 spiro atoms. The number of halogens is 1. The van der Waals surface area contributed by atoms with Crippen molar-refractivity contribution in [2.45, 2.75) is 31.0 Å². The molecular formula is C10H13FN4. The van der Waals surface area contributed by atoms with Crippen molar-refractivity contribution in [3.05, 3.63) is 24.0 Å². The summed E-state index contributed by atoms with van der Waals surface area (Å²) >= 11 is 0. The lowest BCUT2D eigenvalue weighted by molar-refractivity contribution is 0.325. The van der Waals surface area contributed by atoms with E-state index in [2.05, 4.69) is 20.6 Å². The van der Waals surface area contributed by atoms with E-state index < -0.39 is 0 Å². The van der Waals surface area contributed by atoms with Gasteiger partial charge in [0, 0.05) is 18.6 Å². The van der Waals surface area contributed by atoms with E-state index in [-0.39, 0.29) is 11.9 Å². The zero-order valence-electron chi connectivity index (χ0n) is 8.28. The molecule has 1 aromatic heterocycles. The molecule has 2 fully saturated rings. The minimum absolute atomic E-state index is 0.129. The molecule has 0 aliphatic carbocycles. The van der Waals surface area contributed by atoms with Crippen molar-refractivity contribution >= 4 is 0 Å². The Labute approximate surface area is 87.3 Å². The first-order valence-electron chi connectivity index (χ1n) is 5.30. The van der Waals surface area contributed by atoms with Gasteiger partial charge in [0.25, 0.3) is 0 Å². The predicted molar refractivity (Wildman–Crippen MR) is 52.7 cm³/mol. The summed E-state index contributed by atoms with van der Waals surface area (Å²) in [4.78, 5) is 8.06. The van der Waals surface area contributed by atoms with Crippen molar-refractivity contribution in [3.8, 4) is 0 Å². The van der Waals surface area contributed by atoms with E-state index >= 15 is 0 Å². The summed E-state index contributed by atoms with van der Waals surface area (Å²) in [6.45, 7) is 0.946. The molecular weight excluding hydrogens is 195 g/mol. The van der Waals surface area contributed by atoms with Crippen molar-refractivity contribution in [2.75, 3.05) is 6.54 Å². The highest BCUT2D eigenvalue weighted by atomic mass is 19.1. The quantitative estimate of drug-likeness (QED) is 0.700. The van der Waals surface area contributed by atoms with Crippen LogP contribution >= 0.6 is 0 Å². The fourth-order valence-corrected chi connectivity index (χ4v) is 2.44. The fourth-order valence-electron chi connectivity index (χ4n) is 2.44. The molecule has 3 unspecified atom stereocenters. The van der Waals surface area contributed by atoms with Gasteiger partial charge in [0.1, 0.15) is 5.82 Å². The third kappa shape index (κ3) is 1.61. The molecule has 2 aliphatic rings. The van der Waals surface area contributed by atoms with Crippen LogP contribution in [0.25, 0.3) is 0 Å². The summed E-state index contributed by atoms with van der Waals surface area (Å²) in [5, 5.41) is 6.92. The normalized spacial score (nSPS) is 34.3. The molecule has 3 rings (SSSR count). The van der Waals surface area contributed by atoms with Gasteiger partial charge < -0.3 is 10.6 Å². The van der Waals surface area contributed by atoms with Crippen LogP contribution in [0.3, 0.4) is 0 Å². The van der Waals surface area contributed by atoms with Crippen molar-refractivity contribution in [3.63, 3.8) is 0 Å². The highest BCUT2D eigenvalue weighted by Crippen LogP contribution is 2.27. The molecule has 2 N–H and O–H groups in total. The zero-order valence-corrected chi connectivity index (χ0v) is 8.28. The topological polar surface area (TPSA) is 49.8 Å². The van der Waals surface area contributed by atoms with Gasteiger partial charge in [-0.05, 0) is 12.8 Å². The summed E-state index contributed by atoms with van der Waals surface area (Å²) in [7, 11) is 0. The number of nitrogens with zero attached hydrogens (tertiary/aromatic N) is 2. The number of piperazine rings is 1. The third-order valence-electron chi connectivity index (χ3n) is 3.18. The second-order valence-corrected chi connectivity index (χ2v) is 4.19. The first-order chi connectivity index (χ1) is 7.33. The average Bonchev–Trinajstić information content (AvgIpc) is 2.63. The lowest BCUT2D eigenvalue weighted by atomic mass is 10.1. The Morgan fingerprint density at radius 1 is 1.27 bits per heavy atom. The van der Waals surface area contributed by atoms with Crippen LogP contribution in [0, 0.1) is 5.82 Å². The molecule has 0 aromatic carbocycles. The molecule has 1 aromatic rings. The lowest BCUT2D eigenvalue weighted by Gasteiger charge is -2.30. The molecule has 0 saturated carbocycles. The minimum atomic E-state index is -0.383. The van der Waals surface area contributed by atoms with Crippen LogP contribution in [0.4, 0.5) is 4.39 Å². The van der Waals surface area contributed by atoms with Crippen LogP contribution in [0.2, 0.25) is 0 Å². The third-order valence-corrected chi connectivity index (χ3v) is 3.18. The summed E-state index contributed by atoms with van der Waals surface area (Å²) in [6.07, 6.45) is 4.80. The predicted octanol–water partition coefficient (Wildman–Crippen LogP) is 0.381. The zero-order chi connectivity index (χ0) is 10.3. The van der Waals surface area contributed by atoms with E-state index in [4.69, 9.17) is 0 Å². The molecule has 15 heavy (non-hydrogen) atoms. The van der Waals surface area contributed by atoms with Gasteiger partial charge in [0.2, 0.25) is 0 Å². The Morgan fingerprint density at radius 2 is 2.07 bits per heavy atom. The van der Waals surface area contributed by atoms with Gasteiger partial charge in [0.05, 0.1) is 18.4 Å². The molecule has 80 valence electrons. The molecule has 0 radical (unpaired) electrons. The maximum absolute atomic E-state index is 12.7. The largest absolute Gasteiger partial charge is 0.308 e. The lowest BCUT2D eigenvalue weighted by Crippen LogP contribution is -2.51. The molecule has 2 aliphatic heterocycles. The number of hydrogen-bond donors (Lipinski definition) is 2. The van der Waals surface area contributed by atoms with E-state index in [1.165, 1.54) is 18.8 Å². The molecule has 3 heterocycles. The smallest absolute Gasteiger partial charge is 0.159 e. The van der Waals surface area contributed by atoms with Crippen molar-refractivity contribution in [1.29, 1.82) is 0 Å². The van der Waals surface area contributed by atoms with E-state index in [9.17, 15) is 4.39 Å². The number of rotatable bonds is 1. The number of fused-ring (bicyclic) bond motifs is 2. The monoisotopic (exact) mass is 208 g/mol. The number of aromatic nitrogens is 2. The van der Waals surface area contributed by atoms with Gasteiger partial charge in [0.15, 0.2) is 5.82 Å². The fraction of sp³-hybridized carbons (Fsp3) is 0.600. The number of hydrogen-bond acceptors (Lipinski definition) is 4. The van der Waals surface area contributed by atoms with Gasteiger partial charge in [-0.2, -0.15) is 0 Å². The molecule has 2 saturated heterocycles. The summed E-state index contributed by atoms with van der Waals surface area (Å²) in [5.41, 5.74) is 0. The van der Waals surface area contributed by atoms with E-state index in [0.29, 0.717) is 17.9 Å². The summed E-state index contributed by atoms with van der Waals surface area (Å²) in [6, 6.07) is 1.12. The minimum Gasteiger partial charge on any atom is -0.308 e. The first kappa shape index (κ1) is 9.18.